The van der Waals surface area contributed by atoms with Gasteiger partial charge in [-0.05, 0) is 31.5 Å². The lowest BCUT2D eigenvalue weighted by Gasteiger charge is -2.22. The maximum atomic E-state index is 12.5. The number of nitrogens with zero attached hydrogens (tertiary/aromatic N) is 1. The smallest absolute Gasteiger partial charge is 0.388 e. The predicted octanol–water partition coefficient (Wildman–Crippen LogP) is 3.15. The molecule has 1 unspecified atom stereocenters. The molecule has 0 amide bonds. The van der Waals surface area contributed by atoms with Crippen molar-refractivity contribution in [1.29, 1.82) is 5.26 Å². The van der Waals surface area contributed by atoms with Crippen LogP contribution in [0.25, 0.3) is 0 Å². The highest BCUT2D eigenvalue weighted by Gasteiger charge is 2.31. The fraction of sp³-hybridized carbons (Fsp3) is 0.462. The summed E-state index contributed by atoms with van der Waals surface area (Å²) in [5.41, 5.74) is -1.65. The molecule has 0 aromatic heterocycles. The van der Waals surface area contributed by atoms with Crippen LogP contribution in [0.15, 0.2) is 18.2 Å². The Morgan fingerprint density at radius 2 is 2.00 bits per heavy atom. The summed E-state index contributed by atoms with van der Waals surface area (Å²) < 4.78 is 37.5. The maximum absolute atomic E-state index is 12.5. The molecular weight excluding hydrogens is 257 g/mol. The third-order valence-corrected chi connectivity index (χ3v) is 2.89. The Kier molecular flexibility index (Phi) is 4.43. The van der Waals surface area contributed by atoms with E-state index in [1.807, 2.05) is 0 Å². The molecule has 1 rings (SSSR count). The van der Waals surface area contributed by atoms with Crippen LogP contribution in [0, 0.1) is 11.3 Å². The largest absolute Gasteiger partial charge is 0.416 e. The molecule has 3 nitrogen and oxygen atoms in total. The van der Waals surface area contributed by atoms with Gasteiger partial charge in [0.1, 0.15) is 6.07 Å². The van der Waals surface area contributed by atoms with Crippen LogP contribution < -0.4 is 5.32 Å². The zero-order valence-electron chi connectivity index (χ0n) is 10.7. The van der Waals surface area contributed by atoms with Crippen LogP contribution in [0.2, 0.25) is 0 Å². The number of hydrogen-bond donors (Lipinski definition) is 2. The van der Waals surface area contributed by atoms with E-state index in [1.54, 1.807) is 19.9 Å². The Bertz CT molecular complexity index is 490. The molecule has 104 valence electrons. The summed E-state index contributed by atoms with van der Waals surface area (Å²) in [4.78, 5) is 0. The van der Waals surface area contributed by atoms with Crippen LogP contribution in [0.5, 0.6) is 0 Å². The van der Waals surface area contributed by atoms with Crippen molar-refractivity contribution in [3.05, 3.63) is 29.3 Å². The monoisotopic (exact) mass is 272 g/mol. The van der Waals surface area contributed by atoms with E-state index in [0.29, 0.717) is 6.42 Å². The Morgan fingerprint density at radius 3 is 2.47 bits per heavy atom. The van der Waals surface area contributed by atoms with Crippen molar-refractivity contribution >= 4 is 5.69 Å². The van der Waals surface area contributed by atoms with E-state index >= 15 is 0 Å². The first-order valence-electron chi connectivity index (χ1n) is 5.77. The van der Waals surface area contributed by atoms with Gasteiger partial charge >= 0.3 is 6.18 Å². The second-order valence-electron chi connectivity index (χ2n) is 4.57. The van der Waals surface area contributed by atoms with Crippen molar-refractivity contribution < 1.29 is 18.3 Å². The van der Waals surface area contributed by atoms with Crippen LogP contribution in [-0.4, -0.2) is 17.3 Å². The predicted molar refractivity (Wildman–Crippen MR) is 65.6 cm³/mol. The molecule has 0 fully saturated rings. The Labute approximate surface area is 109 Å². The molecule has 2 N–H and O–H groups in total. The molecule has 1 aromatic carbocycles. The fourth-order valence-electron chi connectivity index (χ4n) is 1.38. The number of benzene rings is 1. The van der Waals surface area contributed by atoms with Crippen molar-refractivity contribution in [1.82, 2.24) is 0 Å². The third kappa shape index (κ3) is 4.14. The van der Waals surface area contributed by atoms with Gasteiger partial charge in [0, 0.05) is 6.54 Å². The summed E-state index contributed by atoms with van der Waals surface area (Å²) in [6.45, 7) is 3.55. The molecule has 0 aliphatic carbocycles. The van der Waals surface area contributed by atoms with E-state index in [0.717, 1.165) is 12.1 Å². The van der Waals surface area contributed by atoms with E-state index in [4.69, 9.17) is 5.26 Å². The minimum absolute atomic E-state index is 0.0956. The molecule has 0 saturated carbocycles. The molecule has 6 heteroatoms. The molecule has 0 heterocycles. The maximum Gasteiger partial charge on any atom is 0.416 e. The molecular formula is C13H15F3N2O. The quantitative estimate of drug-likeness (QED) is 0.885. The number of nitriles is 1. The number of halogens is 3. The van der Waals surface area contributed by atoms with Gasteiger partial charge in [-0.25, -0.2) is 0 Å². The van der Waals surface area contributed by atoms with Crippen molar-refractivity contribution in [2.75, 3.05) is 11.9 Å². The fourth-order valence-corrected chi connectivity index (χ4v) is 1.38. The lowest BCUT2D eigenvalue weighted by Crippen LogP contribution is -2.32. The van der Waals surface area contributed by atoms with E-state index in [1.165, 1.54) is 6.07 Å². The molecule has 1 atom stereocenters. The normalized spacial score (nSPS) is 14.6. The molecule has 0 saturated heterocycles. The molecule has 0 radical (unpaired) electrons. The summed E-state index contributed by atoms with van der Waals surface area (Å²) in [6.07, 6.45) is -3.98. The average Bonchev–Trinajstić information content (AvgIpc) is 2.35. The zero-order chi connectivity index (χ0) is 14.7. The molecule has 0 bridgehead atoms. The first-order valence-corrected chi connectivity index (χ1v) is 5.77. The van der Waals surface area contributed by atoms with Crippen LogP contribution in [0.3, 0.4) is 0 Å². The van der Waals surface area contributed by atoms with Crippen molar-refractivity contribution in [3.63, 3.8) is 0 Å². The second kappa shape index (κ2) is 5.49. The number of alkyl halides is 3. The number of rotatable bonds is 4. The lowest BCUT2D eigenvalue weighted by atomic mass is 10.0. The second-order valence-corrected chi connectivity index (χ2v) is 4.57. The Morgan fingerprint density at radius 1 is 1.37 bits per heavy atom. The van der Waals surface area contributed by atoms with Gasteiger partial charge in [0.2, 0.25) is 0 Å². The van der Waals surface area contributed by atoms with Gasteiger partial charge in [-0.1, -0.05) is 6.92 Å². The van der Waals surface area contributed by atoms with E-state index in [9.17, 15) is 18.3 Å². The van der Waals surface area contributed by atoms with Crippen molar-refractivity contribution in [2.45, 2.75) is 32.0 Å². The number of hydrogen-bond acceptors (Lipinski definition) is 3. The first-order chi connectivity index (χ1) is 8.69. The van der Waals surface area contributed by atoms with Gasteiger partial charge in [-0.2, -0.15) is 18.4 Å². The molecule has 0 spiro atoms. The Balaban J connectivity index is 2.96. The van der Waals surface area contributed by atoms with Crippen LogP contribution >= 0.6 is 0 Å². The van der Waals surface area contributed by atoms with Gasteiger partial charge in [-0.3, -0.25) is 0 Å². The van der Waals surface area contributed by atoms with Gasteiger partial charge in [0.15, 0.2) is 0 Å². The van der Waals surface area contributed by atoms with E-state index < -0.39 is 17.3 Å². The minimum atomic E-state index is -4.47. The summed E-state index contributed by atoms with van der Waals surface area (Å²) in [5, 5.41) is 21.5. The minimum Gasteiger partial charge on any atom is -0.388 e. The number of anilines is 1. The molecule has 19 heavy (non-hydrogen) atoms. The standard InChI is InChI=1S/C13H15F3N2O/c1-3-12(2,19)8-18-11-5-4-10(13(14,15)16)6-9(11)7-17/h4-6,18-19H,3,8H2,1-2H3. The van der Waals surface area contributed by atoms with Crippen molar-refractivity contribution in [3.8, 4) is 6.07 Å². The zero-order valence-corrected chi connectivity index (χ0v) is 10.7. The van der Waals surface area contributed by atoms with Crippen LogP contribution in [-0.2, 0) is 6.18 Å². The lowest BCUT2D eigenvalue weighted by molar-refractivity contribution is -0.137. The summed E-state index contributed by atoms with van der Waals surface area (Å²) in [7, 11) is 0. The van der Waals surface area contributed by atoms with Gasteiger partial charge in [0.05, 0.1) is 22.4 Å². The van der Waals surface area contributed by atoms with Gasteiger partial charge < -0.3 is 10.4 Å². The van der Waals surface area contributed by atoms with Crippen molar-refractivity contribution in [2.24, 2.45) is 0 Å². The summed E-state index contributed by atoms with van der Waals surface area (Å²) >= 11 is 0. The topological polar surface area (TPSA) is 56.0 Å². The average molecular weight is 272 g/mol. The van der Waals surface area contributed by atoms with Crippen LogP contribution in [0.4, 0.5) is 18.9 Å². The van der Waals surface area contributed by atoms with Gasteiger partial charge in [0.25, 0.3) is 0 Å². The third-order valence-electron chi connectivity index (χ3n) is 2.89. The van der Waals surface area contributed by atoms with Crippen LogP contribution in [0.1, 0.15) is 31.4 Å². The molecule has 0 aliphatic rings. The SMILES string of the molecule is CCC(C)(O)CNc1ccc(C(F)(F)F)cc1C#N. The highest BCUT2D eigenvalue weighted by Crippen LogP contribution is 2.31. The van der Waals surface area contributed by atoms with E-state index in [2.05, 4.69) is 5.32 Å². The highest BCUT2D eigenvalue weighted by atomic mass is 19.4. The Hall–Kier alpha value is -1.74. The number of nitrogens with one attached hydrogen (secondary N) is 1. The summed E-state index contributed by atoms with van der Waals surface area (Å²) in [6, 6.07) is 4.62. The highest BCUT2D eigenvalue weighted by molar-refractivity contribution is 5.59. The number of aliphatic hydroxyl groups is 1. The molecule has 1 aromatic rings. The summed E-state index contributed by atoms with van der Waals surface area (Å²) in [5.74, 6) is 0. The van der Waals surface area contributed by atoms with E-state index in [-0.39, 0.29) is 17.8 Å². The van der Waals surface area contributed by atoms with Gasteiger partial charge in [-0.15, -0.1) is 0 Å². The first kappa shape index (κ1) is 15.3. The molecule has 0 aliphatic heterocycles.